The van der Waals surface area contributed by atoms with E-state index in [1.165, 1.54) is 54.5 Å². The summed E-state index contributed by atoms with van der Waals surface area (Å²) in [7, 11) is 0. The molecule has 3 heteroatoms. The summed E-state index contributed by atoms with van der Waals surface area (Å²) in [5.41, 5.74) is 10.9. The van der Waals surface area contributed by atoms with Crippen molar-refractivity contribution in [1.82, 2.24) is 4.57 Å². The third kappa shape index (κ3) is 4.68. The Balaban J connectivity index is 1.08. The van der Waals surface area contributed by atoms with Crippen molar-refractivity contribution < 1.29 is 4.42 Å². The lowest BCUT2D eigenvalue weighted by Crippen LogP contribution is -2.10. The second-order valence-corrected chi connectivity index (χ2v) is 13.7. The molecule has 248 valence electrons. The van der Waals surface area contributed by atoms with Crippen LogP contribution in [0.2, 0.25) is 0 Å². The van der Waals surface area contributed by atoms with E-state index >= 15 is 0 Å². The highest BCUT2D eigenvalue weighted by molar-refractivity contribution is 6.21. The van der Waals surface area contributed by atoms with Gasteiger partial charge >= 0.3 is 0 Å². The predicted octanol–water partition coefficient (Wildman–Crippen LogP) is 14.1. The first-order chi connectivity index (χ1) is 26.3. The van der Waals surface area contributed by atoms with E-state index in [1.807, 2.05) is 12.1 Å². The molecule has 0 radical (unpaired) electrons. The highest BCUT2D eigenvalue weighted by Gasteiger charge is 2.20. The fourth-order valence-electron chi connectivity index (χ4n) is 8.31. The molecular weight excluding hydrogens is 645 g/mol. The Morgan fingerprint density at radius 2 is 1.00 bits per heavy atom. The molecule has 0 N–H and O–H groups in total. The van der Waals surface area contributed by atoms with Gasteiger partial charge in [0.2, 0.25) is 0 Å². The van der Waals surface area contributed by atoms with E-state index in [9.17, 15) is 0 Å². The van der Waals surface area contributed by atoms with Gasteiger partial charge in [-0.2, -0.15) is 0 Å². The molecule has 0 aliphatic heterocycles. The summed E-state index contributed by atoms with van der Waals surface area (Å²) in [6.07, 6.45) is 0. The molecule has 0 bridgehead atoms. The van der Waals surface area contributed by atoms with Crippen molar-refractivity contribution in [2.24, 2.45) is 0 Å². The third-order valence-electron chi connectivity index (χ3n) is 10.8. The van der Waals surface area contributed by atoms with E-state index in [4.69, 9.17) is 4.42 Å². The van der Waals surface area contributed by atoms with E-state index in [0.717, 1.165) is 44.7 Å². The maximum atomic E-state index is 6.38. The molecule has 0 unspecified atom stereocenters. The molecule has 0 spiro atoms. The maximum absolute atomic E-state index is 6.38. The first-order valence-corrected chi connectivity index (χ1v) is 18.1. The van der Waals surface area contributed by atoms with Gasteiger partial charge in [-0.15, -0.1) is 0 Å². The zero-order chi connectivity index (χ0) is 34.9. The number of hydrogen-bond donors (Lipinski definition) is 0. The molecule has 0 saturated carbocycles. The minimum Gasteiger partial charge on any atom is -0.456 e. The lowest BCUT2D eigenvalue weighted by molar-refractivity contribution is 0.669. The standard InChI is InChI=1S/C50H32N2O/c1-2-12-36-32-37(21-20-33(36)10-1)34-22-25-38(26-23-34)51(45-17-9-19-48-50(45)43-15-6-8-18-47(43)53-48)39-27-29-40(30-28-39)52-44-16-7-5-14-42(44)49-41-13-4-3-11-35(41)24-31-46(49)52/h1-32H. The fraction of sp³-hybridized carbons (Fsp3) is 0. The first-order valence-electron chi connectivity index (χ1n) is 18.1. The van der Waals surface area contributed by atoms with Crippen LogP contribution in [0.5, 0.6) is 0 Å². The van der Waals surface area contributed by atoms with Crippen LogP contribution in [0.25, 0.3) is 82.1 Å². The normalized spacial score (nSPS) is 11.8. The predicted molar refractivity (Wildman–Crippen MR) is 223 cm³/mol. The Kier molecular flexibility index (Phi) is 6.55. The van der Waals surface area contributed by atoms with Crippen molar-refractivity contribution in [3.05, 3.63) is 194 Å². The van der Waals surface area contributed by atoms with Crippen molar-refractivity contribution >= 4 is 82.4 Å². The molecule has 11 aromatic rings. The fourth-order valence-corrected chi connectivity index (χ4v) is 8.31. The first kappa shape index (κ1) is 29.6. The molecule has 0 atom stereocenters. The summed E-state index contributed by atoms with van der Waals surface area (Å²) < 4.78 is 8.77. The molecule has 53 heavy (non-hydrogen) atoms. The lowest BCUT2D eigenvalue weighted by Gasteiger charge is -2.27. The van der Waals surface area contributed by atoms with Crippen LogP contribution in [0.4, 0.5) is 17.1 Å². The van der Waals surface area contributed by atoms with Gasteiger partial charge in [0.1, 0.15) is 11.2 Å². The number of rotatable bonds is 5. The van der Waals surface area contributed by atoms with Gasteiger partial charge in [-0.05, 0) is 105 Å². The van der Waals surface area contributed by atoms with Gasteiger partial charge in [0, 0.05) is 33.2 Å². The van der Waals surface area contributed by atoms with Gasteiger partial charge in [0.15, 0.2) is 0 Å². The van der Waals surface area contributed by atoms with Crippen molar-refractivity contribution in [2.75, 3.05) is 4.90 Å². The molecule has 0 saturated heterocycles. The quantitative estimate of drug-likeness (QED) is 0.181. The Hall–Kier alpha value is -7.10. The molecular formula is C50H32N2O. The SMILES string of the molecule is c1ccc2cc(-c3ccc(N(c4ccc(-n5c6ccccc6c6c7ccccc7ccc65)cc4)c4cccc5oc6ccccc6c45)cc3)ccc2c1. The van der Waals surface area contributed by atoms with E-state index in [-0.39, 0.29) is 0 Å². The van der Waals surface area contributed by atoms with Gasteiger partial charge in [-0.3, -0.25) is 0 Å². The van der Waals surface area contributed by atoms with Crippen LogP contribution in [-0.4, -0.2) is 4.57 Å². The Labute approximate surface area is 306 Å². The van der Waals surface area contributed by atoms with Crippen molar-refractivity contribution in [3.63, 3.8) is 0 Å². The van der Waals surface area contributed by atoms with Gasteiger partial charge in [-0.1, -0.05) is 121 Å². The number of para-hydroxylation sites is 2. The third-order valence-corrected chi connectivity index (χ3v) is 10.8. The summed E-state index contributed by atoms with van der Waals surface area (Å²) in [4.78, 5) is 2.36. The van der Waals surface area contributed by atoms with Crippen molar-refractivity contribution in [2.45, 2.75) is 0 Å². The van der Waals surface area contributed by atoms with Gasteiger partial charge in [0.05, 0.1) is 22.1 Å². The van der Waals surface area contributed by atoms with Crippen LogP contribution in [-0.2, 0) is 0 Å². The molecule has 9 aromatic carbocycles. The number of anilines is 3. The largest absolute Gasteiger partial charge is 0.456 e. The molecule has 2 aromatic heterocycles. The Morgan fingerprint density at radius 1 is 0.377 bits per heavy atom. The zero-order valence-electron chi connectivity index (χ0n) is 28.8. The van der Waals surface area contributed by atoms with Crippen molar-refractivity contribution in [3.8, 4) is 16.8 Å². The molecule has 11 rings (SSSR count). The lowest BCUT2D eigenvalue weighted by atomic mass is 10.0. The number of hydrogen-bond acceptors (Lipinski definition) is 2. The maximum Gasteiger partial charge on any atom is 0.137 e. The number of aromatic nitrogens is 1. The molecule has 2 heterocycles. The van der Waals surface area contributed by atoms with Crippen LogP contribution < -0.4 is 4.90 Å². The molecule has 3 nitrogen and oxygen atoms in total. The van der Waals surface area contributed by atoms with E-state index in [2.05, 4.69) is 191 Å². The second-order valence-electron chi connectivity index (χ2n) is 13.7. The smallest absolute Gasteiger partial charge is 0.137 e. The summed E-state index contributed by atoms with van der Waals surface area (Å²) in [5, 5.41) is 9.76. The average molecular weight is 677 g/mol. The molecule has 0 aliphatic carbocycles. The topological polar surface area (TPSA) is 21.3 Å². The summed E-state index contributed by atoms with van der Waals surface area (Å²) in [6.45, 7) is 0. The second kappa shape index (κ2) is 11.7. The van der Waals surface area contributed by atoms with Gasteiger partial charge in [0.25, 0.3) is 0 Å². The van der Waals surface area contributed by atoms with Crippen LogP contribution in [0, 0.1) is 0 Å². The number of benzene rings is 9. The van der Waals surface area contributed by atoms with E-state index < -0.39 is 0 Å². The van der Waals surface area contributed by atoms with E-state index in [1.54, 1.807) is 0 Å². The minimum absolute atomic E-state index is 0.871. The van der Waals surface area contributed by atoms with Crippen molar-refractivity contribution in [1.29, 1.82) is 0 Å². The highest BCUT2D eigenvalue weighted by atomic mass is 16.3. The highest BCUT2D eigenvalue weighted by Crippen LogP contribution is 2.44. The Morgan fingerprint density at radius 3 is 1.83 bits per heavy atom. The number of furan rings is 1. The summed E-state index contributed by atoms with van der Waals surface area (Å²) in [5.74, 6) is 0. The van der Waals surface area contributed by atoms with E-state index in [0.29, 0.717) is 0 Å². The summed E-state index contributed by atoms with van der Waals surface area (Å²) in [6, 6.07) is 69.7. The van der Waals surface area contributed by atoms with Crippen LogP contribution >= 0.6 is 0 Å². The number of fused-ring (bicyclic) bond motifs is 9. The molecule has 0 amide bonds. The zero-order valence-corrected chi connectivity index (χ0v) is 28.8. The van der Waals surface area contributed by atoms with Crippen LogP contribution in [0.1, 0.15) is 0 Å². The van der Waals surface area contributed by atoms with Crippen LogP contribution in [0.3, 0.4) is 0 Å². The number of nitrogens with zero attached hydrogens (tertiary/aromatic N) is 2. The van der Waals surface area contributed by atoms with Gasteiger partial charge < -0.3 is 13.9 Å². The molecule has 0 fully saturated rings. The minimum atomic E-state index is 0.871. The monoisotopic (exact) mass is 676 g/mol. The average Bonchev–Trinajstić information content (AvgIpc) is 3.78. The van der Waals surface area contributed by atoms with Crippen LogP contribution in [0.15, 0.2) is 199 Å². The Bertz CT molecular complexity index is 3170. The summed E-state index contributed by atoms with van der Waals surface area (Å²) >= 11 is 0. The molecule has 0 aliphatic rings. The van der Waals surface area contributed by atoms with Gasteiger partial charge in [-0.25, -0.2) is 0 Å².